The Labute approximate surface area is 99.8 Å². The summed E-state index contributed by atoms with van der Waals surface area (Å²) in [5, 5.41) is 1.11. The Kier molecular flexibility index (Phi) is 2.81. The van der Waals surface area contributed by atoms with Crippen molar-refractivity contribution < 1.29 is 4.74 Å². The van der Waals surface area contributed by atoms with Gasteiger partial charge in [-0.3, -0.25) is 0 Å². The molecule has 0 amide bonds. The van der Waals surface area contributed by atoms with Gasteiger partial charge >= 0.3 is 0 Å². The monoisotopic (exact) mass is 239 g/mol. The summed E-state index contributed by atoms with van der Waals surface area (Å²) < 4.78 is 9.82. The van der Waals surface area contributed by atoms with Crippen LogP contribution in [0.5, 0.6) is 0 Å². The van der Waals surface area contributed by atoms with Gasteiger partial charge < -0.3 is 9.64 Å². The zero-order valence-corrected chi connectivity index (χ0v) is 10.4. The molecule has 0 unspecified atom stereocenters. The van der Waals surface area contributed by atoms with Crippen LogP contribution in [0.2, 0.25) is 0 Å². The summed E-state index contributed by atoms with van der Waals surface area (Å²) in [4.78, 5) is 6.99. The third-order valence-electron chi connectivity index (χ3n) is 3.42. The molecule has 2 aliphatic rings. The molecule has 16 heavy (non-hydrogen) atoms. The van der Waals surface area contributed by atoms with E-state index >= 15 is 0 Å². The SMILES string of the molecule is COC1CCN(c2nc(C3CC3)ns2)CC1. The number of piperidine rings is 1. The predicted octanol–water partition coefficient (Wildman–Crippen LogP) is 2.03. The van der Waals surface area contributed by atoms with Crippen LogP contribution in [0.15, 0.2) is 0 Å². The Morgan fingerprint density at radius 1 is 1.25 bits per heavy atom. The van der Waals surface area contributed by atoms with Crippen LogP contribution in [0, 0.1) is 0 Å². The predicted molar refractivity (Wildman–Crippen MR) is 64.1 cm³/mol. The number of rotatable bonds is 3. The molecule has 1 aromatic rings. The van der Waals surface area contributed by atoms with Gasteiger partial charge in [0, 0.05) is 37.6 Å². The molecule has 88 valence electrons. The average Bonchev–Trinajstić information content (AvgIpc) is 3.08. The molecule has 1 saturated heterocycles. The van der Waals surface area contributed by atoms with Crippen LogP contribution in [0.1, 0.15) is 37.4 Å². The Bertz CT molecular complexity index is 356. The third-order valence-corrected chi connectivity index (χ3v) is 4.21. The second-order valence-electron chi connectivity index (χ2n) is 4.63. The second kappa shape index (κ2) is 4.30. The van der Waals surface area contributed by atoms with Gasteiger partial charge in [0.2, 0.25) is 5.13 Å². The van der Waals surface area contributed by atoms with Crippen LogP contribution in [-0.4, -0.2) is 35.7 Å². The van der Waals surface area contributed by atoms with Crippen LogP contribution in [0.3, 0.4) is 0 Å². The van der Waals surface area contributed by atoms with E-state index in [1.807, 2.05) is 0 Å². The first-order chi connectivity index (χ1) is 7.86. The number of hydrogen-bond acceptors (Lipinski definition) is 5. The largest absolute Gasteiger partial charge is 0.381 e. The van der Waals surface area contributed by atoms with Gasteiger partial charge in [-0.1, -0.05) is 0 Å². The molecule has 1 saturated carbocycles. The molecule has 1 aliphatic heterocycles. The first kappa shape index (κ1) is 10.5. The van der Waals surface area contributed by atoms with Gasteiger partial charge in [-0.2, -0.15) is 4.37 Å². The van der Waals surface area contributed by atoms with Crippen molar-refractivity contribution >= 4 is 16.7 Å². The Hall–Kier alpha value is -0.680. The molecule has 1 aliphatic carbocycles. The van der Waals surface area contributed by atoms with E-state index in [4.69, 9.17) is 4.74 Å². The zero-order chi connectivity index (χ0) is 11.0. The zero-order valence-electron chi connectivity index (χ0n) is 9.56. The quantitative estimate of drug-likeness (QED) is 0.809. The van der Waals surface area contributed by atoms with Crippen LogP contribution in [-0.2, 0) is 4.74 Å². The summed E-state index contributed by atoms with van der Waals surface area (Å²) in [6.45, 7) is 2.11. The molecule has 2 heterocycles. The summed E-state index contributed by atoms with van der Waals surface area (Å²) in [6.07, 6.45) is 5.21. The van der Waals surface area contributed by atoms with Crippen molar-refractivity contribution in [3.05, 3.63) is 5.82 Å². The van der Waals surface area contributed by atoms with Crippen molar-refractivity contribution in [3.63, 3.8) is 0 Å². The summed E-state index contributed by atoms with van der Waals surface area (Å²) in [6, 6.07) is 0. The molecular formula is C11H17N3OS. The minimum Gasteiger partial charge on any atom is -0.381 e. The normalized spacial score (nSPS) is 22.7. The van der Waals surface area contributed by atoms with Crippen molar-refractivity contribution in [2.75, 3.05) is 25.1 Å². The lowest BCUT2D eigenvalue weighted by atomic mass is 10.1. The second-order valence-corrected chi connectivity index (χ2v) is 5.36. The molecule has 5 heteroatoms. The maximum atomic E-state index is 5.37. The minimum absolute atomic E-state index is 0.437. The van der Waals surface area contributed by atoms with Gasteiger partial charge in [-0.15, -0.1) is 0 Å². The number of methoxy groups -OCH3 is 1. The highest BCUT2D eigenvalue weighted by Crippen LogP contribution is 2.39. The van der Waals surface area contributed by atoms with E-state index in [0.29, 0.717) is 12.0 Å². The van der Waals surface area contributed by atoms with Crippen LogP contribution in [0.4, 0.5) is 5.13 Å². The molecule has 0 N–H and O–H groups in total. The fraction of sp³-hybridized carbons (Fsp3) is 0.818. The maximum Gasteiger partial charge on any atom is 0.205 e. The molecule has 1 aromatic heterocycles. The van der Waals surface area contributed by atoms with Gasteiger partial charge in [0.05, 0.1) is 6.10 Å². The van der Waals surface area contributed by atoms with Gasteiger partial charge in [-0.25, -0.2) is 4.98 Å². The Balaban J connectivity index is 1.63. The smallest absolute Gasteiger partial charge is 0.205 e. The van der Waals surface area contributed by atoms with Crippen molar-refractivity contribution in [1.82, 2.24) is 9.36 Å². The summed E-state index contributed by atoms with van der Waals surface area (Å²) in [5.41, 5.74) is 0. The highest BCUT2D eigenvalue weighted by atomic mass is 32.1. The van der Waals surface area contributed by atoms with Gasteiger partial charge in [0.25, 0.3) is 0 Å². The molecule has 3 rings (SSSR count). The average molecular weight is 239 g/mol. The lowest BCUT2D eigenvalue weighted by Gasteiger charge is -2.30. The lowest BCUT2D eigenvalue weighted by Crippen LogP contribution is -2.36. The summed E-state index contributed by atoms with van der Waals surface area (Å²) in [5.74, 6) is 1.75. The third kappa shape index (κ3) is 2.06. The number of aromatic nitrogens is 2. The molecule has 0 aromatic carbocycles. The van der Waals surface area contributed by atoms with Crippen LogP contribution in [0.25, 0.3) is 0 Å². The molecule has 0 spiro atoms. The van der Waals surface area contributed by atoms with Crippen LogP contribution >= 0.6 is 11.5 Å². The van der Waals surface area contributed by atoms with Crippen molar-refractivity contribution in [3.8, 4) is 0 Å². The van der Waals surface area contributed by atoms with Gasteiger partial charge in [0.15, 0.2) is 0 Å². The van der Waals surface area contributed by atoms with E-state index in [0.717, 1.165) is 36.9 Å². The molecular weight excluding hydrogens is 222 g/mol. The lowest BCUT2D eigenvalue weighted by molar-refractivity contribution is 0.0819. The van der Waals surface area contributed by atoms with Crippen molar-refractivity contribution in [2.24, 2.45) is 0 Å². The Morgan fingerprint density at radius 3 is 2.62 bits per heavy atom. The van der Waals surface area contributed by atoms with E-state index in [1.165, 1.54) is 12.8 Å². The first-order valence-corrected chi connectivity index (χ1v) is 6.75. The van der Waals surface area contributed by atoms with Crippen molar-refractivity contribution in [1.29, 1.82) is 0 Å². The van der Waals surface area contributed by atoms with Gasteiger partial charge in [0.1, 0.15) is 5.82 Å². The number of nitrogens with zero attached hydrogens (tertiary/aromatic N) is 3. The van der Waals surface area contributed by atoms with E-state index < -0.39 is 0 Å². The minimum atomic E-state index is 0.437. The number of anilines is 1. The van der Waals surface area contributed by atoms with E-state index in [1.54, 1.807) is 18.6 Å². The first-order valence-electron chi connectivity index (χ1n) is 5.98. The molecule has 0 atom stereocenters. The maximum absolute atomic E-state index is 5.37. The fourth-order valence-corrected chi connectivity index (χ4v) is 2.94. The molecule has 2 fully saturated rings. The summed E-state index contributed by atoms with van der Waals surface area (Å²) in [7, 11) is 1.80. The molecule has 0 radical (unpaired) electrons. The highest BCUT2D eigenvalue weighted by molar-refractivity contribution is 7.09. The van der Waals surface area contributed by atoms with E-state index in [2.05, 4.69) is 14.3 Å². The molecule has 4 nitrogen and oxygen atoms in total. The number of ether oxygens (including phenoxy) is 1. The van der Waals surface area contributed by atoms with Crippen molar-refractivity contribution in [2.45, 2.75) is 37.7 Å². The highest BCUT2D eigenvalue weighted by Gasteiger charge is 2.29. The fourth-order valence-electron chi connectivity index (χ4n) is 2.14. The summed E-state index contributed by atoms with van der Waals surface area (Å²) >= 11 is 1.56. The van der Waals surface area contributed by atoms with E-state index in [-0.39, 0.29) is 0 Å². The molecule has 0 bridgehead atoms. The van der Waals surface area contributed by atoms with E-state index in [9.17, 15) is 0 Å². The van der Waals surface area contributed by atoms with Gasteiger partial charge in [-0.05, 0) is 25.7 Å². The Morgan fingerprint density at radius 2 is 2.00 bits per heavy atom. The standard InChI is InChI=1S/C11H17N3OS/c1-15-9-4-6-14(7-5-9)11-12-10(13-16-11)8-2-3-8/h8-9H,2-7H2,1H3. The van der Waals surface area contributed by atoms with Crippen LogP contribution < -0.4 is 4.90 Å². The topological polar surface area (TPSA) is 38.2 Å². The number of hydrogen-bond donors (Lipinski definition) is 0.